The molecular formula is C12H20. The van der Waals surface area contributed by atoms with Gasteiger partial charge in [0.1, 0.15) is 0 Å². The van der Waals surface area contributed by atoms with E-state index in [4.69, 9.17) is 0 Å². The van der Waals surface area contributed by atoms with Gasteiger partial charge in [-0.15, -0.1) is 13.2 Å². The first-order valence-electron chi connectivity index (χ1n) is 5.05. The Balaban J connectivity index is 2.55. The first-order valence-corrected chi connectivity index (χ1v) is 5.05. The van der Waals surface area contributed by atoms with E-state index in [9.17, 15) is 0 Å². The molecule has 0 bridgehead atoms. The van der Waals surface area contributed by atoms with Crippen LogP contribution in [0.5, 0.6) is 0 Å². The van der Waals surface area contributed by atoms with E-state index in [1.165, 1.54) is 44.9 Å². The molecule has 1 saturated carbocycles. The molecule has 0 nitrogen and oxygen atoms in total. The first kappa shape index (κ1) is 9.57. The molecule has 0 aliphatic heterocycles. The second kappa shape index (κ2) is 4.49. The Bertz CT molecular complexity index is 137. The monoisotopic (exact) mass is 164 g/mol. The smallest absolute Gasteiger partial charge is 0.0229 e. The average Bonchev–Trinajstić information content (AvgIpc) is 2.07. The summed E-state index contributed by atoms with van der Waals surface area (Å²) in [5.74, 6) is 0. The van der Waals surface area contributed by atoms with Crippen molar-refractivity contribution < 1.29 is 0 Å². The molecule has 0 N–H and O–H groups in total. The van der Waals surface area contributed by atoms with E-state index in [2.05, 4.69) is 25.3 Å². The fourth-order valence-corrected chi connectivity index (χ4v) is 2.41. The summed E-state index contributed by atoms with van der Waals surface area (Å²) in [5.41, 5.74) is 0.543. The Morgan fingerprint density at radius 2 is 1.42 bits per heavy atom. The van der Waals surface area contributed by atoms with Crippen molar-refractivity contribution in [3.8, 4) is 0 Å². The molecule has 68 valence electrons. The summed E-state index contributed by atoms with van der Waals surface area (Å²) in [6.45, 7) is 7.70. The highest BCUT2D eigenvalue weighted by Crippen LogP contribution is 2.42. The number of allylic oxidation sites excluding steroid dienone is 2. The van der Waals surface area contributed by atoms with Crippen molar-refractivity contribution in [1.29, 1.82) is 0 Å². The second-order valence-corrected chi connectivity index (χ2v) is 4.05. The Hall–Kier alpha value is -0.520. The van der Waals surface area contributed by atoms with E-state index in [0.717, 1.165) is 0 Å². The minimum atomic E-state index is 0.543. The third kappa shape index (κ3) is 2.23. The van der Waals surface area contributed by atoms with Gasteiger partial charge in [0.25, 0.3) is 0 Å². The highest BCUT2D eigenvalue weighted by molar-refractivity contribution is 4.93. The predicted molar refractivity (Wildman–Crippen MR) is 55.1 cm³/mol. The largest absolute Gasteiger partial charge is 0.103 e. The molecule has 1 rings (SSSR count). The molecule has 1 aliphatic rings. The normalized spacial score (nSPS) is 21.7. The van der Waals surface area contributed by atoms with E-state index in [1.54, 1.807) is 0 Å². The van der Waals surface area contributed by atoms with Crippen molar-refractivity contribution in [2.75, 3.05) is 0 Å². The van der Waals surface area contributed by atoms with E-state index >= 15 is 0 Å². The lowest BCUT2D eigenvalue weighted by Gasteiger charge is -2.35. The summed E-state index contributed by atoms with van der Waals surface area (Å²) >= 11 is 0. The van der Waals surface area contributed by atoms with Crippen LogP contribution in [-0.4, -0.2) is 0 Å². The van der Waals surface area contributed by atoms with E-state index in [-0.39, 0.29) is 0 Å². The van der Waals surface area contributed by atoms with Crippen molar-refractivity contribution in [2.45, 2.75) is 44.9 Å². The molecule has 0 aromatic rings. The summed E-state index contributed by atoms with van der Waals surface area (Å²) in [7, 11) is 0. The molecule has 0 atom stereocenters. The predicted octanol–water partition coefficient (Wildman–Crippen LogP) is 4.09. The summed E-state index contributed by atoms with van der Waals surface area (Å²) in [6, 6.07) is 0. The molecule has 1 aliphatic carbocycles. The molecule has 0 saturated heterocycles. The molecule has 0 heterocycles. The van der Waals surface area contributed by atoms with Crippen molar-refractivity contribution in [1.82, 2.24) is 0 Å². The maximum absolute atomic E-state index is 3.85. The standard InChI is InChI=1S/C12H20/c1-3-8-12(9-4-2)10-6-5-7-11-12/h3-4H,1-2,5-11H2. The zero-order chi connectivity index (χ0) is 8.86. The topological polar surface area (TPSA) is 0 Å². The highest BCUT2D eigenvalue weighted by Gasteiger charge is 2.28. The summed E-state index contributed by atoms with van der Waals surface area (Å²) in [5, 5.41) is 0. The van der Waals surface area contributed by atoms with Crippen LogP contribution < -0.4 is 0 Å². The van der Waals surface area contributed by atoms with Crippen LogP contribution in [0.4, 0.5) is 0 Å². The minimum absolute atomic E-state index is 0.543. The SMILES string of the molecule is C=CCC1(CC=C)CCCCC1. The number of rotatable bonds is 4. The maximum Gasteiger partial charge on any atom is -0.0229 e. The van der Waals surface area contributed by atoms with Crippen LogP contribution in [0.1, 0.15) is 44.9 Å². The summed E-state index contributed by atoms with van der Waals surface area (Å²) < 4.78 is 0. The van der Waals surface area contributed by atoms with Crippen LogP contribution in [0.15, 0.2) is 25.3 Å². The van der Waals surface area contributed by atoms with Crippen molar-refractivity contribution >= 4 is 0 Å². The zero-order valence-corrected chi connectivity index (χ0v) is 8.02. The van der Waals surface area contributed by atoms with Gasteiger partial charge in [0.2, 0.25) is 0 Å². The quantitative estimate of drug-likeness (QED) is 0.549. The van der Waals surface area contributed by atoms with Gasteiger partial charge in [0.05, 0.1) is 0 Å². The third-order valence-corrected chi connectivity index (χ3v) is 3.07. The third-order valence-electron chi connectivity index (χ3n) is 3.07. The van der Waals surface area contributed by atoms with Gasteiger partial charge in [0.15, 0.2) is 0 Å². The van der Waals surface area contributed by atoms with Gasteiger partial charge in [0, 0.05) is 0 Å². The van der Waals surface area contributed by atoms with Gasteiger partial charge >= 0.3 is 0 Å². The summed E-state index contributed by atoms with van der Waals surface area (Å²) in [6.07, 6.45) is 13.5. The van der Waals surface area contributed by atoms with Crippen LogP contribution in [-0.2, 0) is 0 Å². The lowest BCUT2D eigenvalue weighted by molar-refractivity contribution is 0.195. The first-order chi connectivity index (χ1) is 5.83. The molecule has 0 unspecified atom stereocenters. The number of hydrogen-bond acceptors (Lipinski definition) is 0. The van der Waals surface area contributed by atoms with Gasteiger partial charge in [-0.3, -0.25) is 0 Å². The van der Waals surface area contributed by atoms with E-state index in [0.29, 0.717) is 5.41 Å². The summed E-state index contributed by atoms with van der Waals surface area (Å²) in [4.78, 5) is 0. The van der Waals surface area contributed by atoms with Gasteiger partial charge in [-0.2, -0.15) is 0 Å². The minimum Gasteiger partial charge on any atom is -0.103 e. The Morgan fingerprint density at radius 1 is 0.917 bits per heavy atom. The van der Waals surface area contributed by atoms with Crippen molar-refractivity contribution in [3.63, 3.8) is 0 Å². The maximum atomic E-state index is 3.85. The Kier molecular flexibility index (Phi) is 3.58. The molecule has 12 heavy (non-hydrogen) atoms. The van der Waals surface area contributed by atoms with E-state index in [1.807, 2.05) is 0 Å². The van der Waals surface area contributed by atoms with Crippen LogP contribution in [0.2, 0.25) is 0 Å². The molecule has 0 spiro atoms. The lowest BCUT2D eigenvalue weighted by atomic mass is 9.70. The zero-order valence-electron chi connectivity index (χ0n) is 8.02. The molecular weight excluding hydrogens is 144 g/mol. The second-order valence-electron chi connectivity index (χ2n) is 4.05. The van der Waals surface area contributed by atoms with Gasteiger partial charge in [-0.25, -0.2) is 0 Å². The molecule has 1 fully saturated rings. The Morgan fingerprint density at radius 3 is 1.83 bits per heavy atom. The molecule has 0 amide bonds. The van der Waals surface area contributed by atoms with Gasteiger partial charge in [-0.05, 0) is 31.1 Å². The molecule has 0 radical (unpaired) electrons. The molecule has 0 aromatic carbocycles. The van der Waals surface area contributed by atoms with Crippen molar-refractivity contribution in [2.24, 2.45) is 5.41 Å². The van der Waals surface area contributed by atoms with Crippen LogP contribution >= 0.6 is 0 Å². The molecule has 0 heteroatoms. The fraction of sp³-hybridized carbons (Fsp3) is 0.667. The van der Waals surface area contributed by atoms with Crippen LogP contribution in [0.3, 0.4) is 0 Å². The van der Waals surface area contributed by atoms with Gasteiger partial charge in [-0.1, -0.05) is 31.4 Å². The van der Waals surface area contributed by atoms with Crippen LogP contribution in [0.25, 0.3) is 0 Å². The molecule has 0 aromatic heterocycles. The Labute approximate surface area is 76.4 Å². The fourth-order valence-electron chi connectivity index (χ4n) is 2.41. The van der Waals surface area contributed by atoms with Crippen LogP contribution in [0, 0.1) is 5.41 Å². The highest BCUT2D eigenvalue weighted by atomic mass is 14.3. The lowest BCUT2D eigenvalue weighted by Crippen LogP contribution is -2.22. The van der Waals surface area contributed by atoms with Gasteiger partial charge < -0.3 is 0 Å². The van der Waals surface area contributed by atoms with E-state index < -0.39 is 0 Å². The van der Waals surface area contributed by atoms with Crippen molar-refractivity contribution in [3.05, 3.63) is 25.3 Å². The average molecular weight is 164 g/mol. The number of hydrogen-bond donors (Lipinski definition) is 0.